The van der Waals surface area contributed by atoms with Crippen molar-refractivity contribution in [2.24, 2.45) is 0 Å². The third-order valence-electron chi connectivity index (χ3n) is 6.49. The van der Waals surface area contributed by atoms with Crippen LogP contribution >= 0.6 is 0 Å². The average Bonchev–Trinajstić information content (AvgIpc) is 3.46. The lowest BCUT2D eigenvalue weighted by atomic mass is 10.1. The van der Waals surface area contributed by atoms with Gasteiger partial charge in [-0.3, -0.25) is 0 Å². The number of rotatable bonds is 5. The zero-order valence-electron chi connectivity index (χ0n) is 19.0. The lowest BCUT2D eigenvalue weighted by Gasteiger charge is -2.26. The van der Waals surface area contributed by atoms with E-state index in [1.165, 1.54) is 4.31 Å². The van der Waals surface area contributed by atoms with Gasteiger partial charge >= 0.3 is 0 Å². The Morgan fingerprint density at radius 3 is 2.48 bits per heavy atom. The van der Waals surface area contributed by atoms with Gasteiger partial charge in [0.25, 0.3) is 0 Å². The van der Waals surface area contributed by atoms with Crippen molar-refractivity contribution < 1.29 is 23.0 Å². The van der Waals surface area contributed by atoms with Crippen LogP contribution in [-0.4, -0.2) is 66.4 Å². The lowest BCUT2D eigenvalue weighted by Crippen LogP contribution is -2.40. The van der Waals surface area contributed by atoms with E-state index in [-0.39, 0.29) is 16.7 Å². The number of benzene rings is 2. The van der Waals surface area contributed by atoms with Crippen LogP contribution in [0.4, 0.5) is 0 Å². The Morgan fingerprint density at radius 2 is 1.82 bits per heavy atom. The van der Waals surface area contributed by atoms with Gasteiger partial charge in [-0.1, -0.05) is 0 Å². The summed E-state index contributed by atoms with van der Waals surface area (Å²) in [5.41, 5.74) is 3.92. The zero-order chi connectivity index (χ0) is 23.2. The molecule has 0 radical (unpaired) electrons. The molecule has 0 saturated carbocycles. The van der Waals surface area contributed by atoms with Crippen molar-refractivity contribution in [3.05, 3.63) is 41.5 Å². The SMILES string of the molecule is Cc1cc(-c2nc3cc(S(=O)(=O)N4CCOCC4)ccc3n2CC2CCCO2)cc(C)c1O. The minimum atomic E-state index is -3.62. The molecule has 33 heavy (non-hydrogen) atoms. The first-order chi connectivity index (χ1) is 15.8. The first-order valence-electron chi connectivity index (χ1n) is 11.3. The predicted molar refractivity (Wildman–Crippen MR) is 125 cm³/mol. The molecule has 2 aromatic carbocycles. The van der Waals surface area contributed by atoms with Crippen LogP contribution in [0.15, 0.2) is 35.2 Å². The Labute approximate surface area is 193 Å². The molecule has 8 nitrogen and oxygen atoms in total. The number of phenolic OH excluding ortho intramolecular Hbond substituents is 1. The second-order valence-electron chi connectivity index (χ2n) is 8.81. The smallest absolute Gasteiger partial charge is 0.243 e. The third kappa shape index (κ3) is 4.14. The number of imidazole rings is 1. The van der Waals surface area contributed by atoms with Crippen molar-refractivity contribution in [1.29, 1.82) is 0 Å². The Kier molecular flexibility index (Phi) is 5.90. The lowest BCUT2D eigenvalue weighted by molar-refractivity contribution is 0.0730. The highest BCUT2D eigenvalue weighted by atomic mass is 32.2. The largest absolute Gasteiger partial charge is 0.507 e. The Balaban J connectivity index is 1.62. The molecule has 2 aliphatic heterocycles. The fourth-order valence-electron chi connectivity index (χ4n) is 4.69. The van der Waals surface area contributed by atoms with Gasteiger partial charge in [0.05, 0.1) is 41.8 Å². The number of aryl methyl sites for hydroxylation is 2. The number of sulfonamides is 1. The van der Waals surface area contributed by atoms with Crippen LogP contribution in [0.3, 0.4) is 0 Å². The van der Waals surface area contributed by atoms with Gasteiger partial charge < -0.3 is 19.1 Å². The van der Waals surface area contributed by atoms with E-state index in [0.29, 0.717) is 38.4 Å². The number of phenols is 1. The second kappa shape index (κ2) is 8.72. The molecule has 5 rings (SSSR count). The molecule has 0 spiro atoms. The highest BCUT2D eigenvalue weighted by Gasteiger charge is 2.28. The number of morpholine rings is 1. The van der Waals surface area contributed by atoms with Crippen molar-refractivity contribution in [3.8, 4) is 17.1 Å². The monoisotopic (exact) mass is 471 g/mol. The van der Waals surface area contributed by atoms with Gasteiger partial charge in [-0.25, -0.2) is 13.4 Å². The van der Waals surface area contributed by atoms with Crippen LogP contribution in [-0.2, 0) is 26.0 Å². The Bertz CT molecular complexity index is 1270. The summed E-state index contributed by atoms with van der Waals surface area (Å²) in [7, 11) is -3.62. The van der Waals surface area contributed by atoms with E-state index in [0.717, 1.165) is 47.5 Å². The first-order valence-corrected chi connectivity index (χ1v) is 12.8. The maximum atomic E-state index is 13.2. The van der Waals surface area contributed by atoms with Crippen LogP contribution in [0.1, 0.15) is 24.0 Å². The van der Waals surface area contributed by atoms with Gasteiger partial charge in [-0.15, -0.1) is 0 Å². The van der Waals surface area contributed by atoms with E-state index >= 15 is 0 Å². The van der Waals surface area contributed by atoms with Crippen molar-refractivity contribution >= 4 is 21.1 Å². The molecule has 1 N–H and O–H groups in total. The number of fused-ring (bicyclic) bond motifs is 1. The van der Waals surface area contributed by atoms with E-state index in [1.54, 1.807) is 12.1 Å². The zero-order valence-corrected chi connectivity index (χ0v) is 19.8. The van der Waals surface area contributed by atoms with Gasteiger partial charge in [-0.2, -0.15) is 4.31 Å². The molecular weight excluding hydrogens is 442 g/mol. The van der Waals surface area contributed by atoms with Crippen LogP contribution in [0.25, 0.3) is 22.4 Å². The molecule has 176 valence electrons. The topological polar surface area (TPSA) is 93.9 Å². The molecule has 1 unspecified atom stereocenters. The second-order valence-corrected chi connectivity index (χ2v) is 10.7. The molecular formula is C24H29N3O5S. The number of hydrogen-bond acceptors (Lipinski definition) is 6. The Hall–Kier alpha value is -2.46. The minimum Gasteiger partial charge on any atom is -0.507 e. The molecule has 0 aliphatic carbocycles. The van der Waals surface area contributed by atoms with E-state index in [1.807, 2.05) is 32.0 Å². The summed E-state index contributed by atoms with van der Waals surface area (Å²) in [5, 5.41) is 10.2. The summed E-state index contributed by atoms with van der Waals surface area (Å²) in [5.74, 6) is 1.02. The standard InChI is InChI=1S/C24H29N3O5S/c1-16-12-18(13-17(2)23(16)28)24-25-21-14-20(33(29,30)26-7-10-31-11-8-26)5-6-22(21)27(24)15-19-4-3-9-32-19/h5-6,12-14,19,28H,3-4,7-11,15H2,1-2H3. The maximum absolute atomic E-state index is 13.2. The van der Waals surface area contributed by atoms with Gasteiger partial charge in [0.1, 0.15) is 11.6 Å². The van der Waals surface area contributed by atoms with Crippen LogP contribution in [0, 0.1) is 13.8 Å². The normalized spacial score (nSPS) is 20.0. The number of aromatic hydroxyl groups is 1. The highest BCUT2D eigenvalue weighted by molar-refractivity contribution is 7.89. The molecule has 3 aromatic rings. The quantitative estimate of drug-likeness (QED) is 0.614. The maximum Gasteiger partial charge on any atom is 0.243 e. The average molecular weight is 472 g/mol. The molecule has 0 bridgehead atoms. The van der Waals surface area contributed by atoms with E-state index in [9.17, 15) is 13.5 Å². The van der Waals surface area contributed by atoms with Gasteiger partial charge in [-0.05, 0) is 68.1 Å². The van der Waals surface area contributed by atoms with Crippen LogP contribution < -0.4 is 0 Å². The molecule has 0 amide bonds. The number of aromatic nitrogens is 2. The summed E-state index contributed by atoms with van der Waals surface area (Å²) in [6, 6.07) is 9.00. The third-order valence-corrected chi connectivity index (χ3v) is 8.38. The summed E-state index contributed by atoms with van der Waals surface area (Å²) in [6.45, 7) is 6.64. The van der Waals surface area contributed by atoms with Crippen LogP contribution in [0.2, 0.25) is 0 Å². The van der Waals surface area contributed by atoms with Crippen molar-refractivity contribution in [1.82, 2.24) is 13.9 Å². The minimum absolute atomic E-state index is 0.0946. The van der Waals surface area contributed by atoms with Crippen LogP contribution in [0.5, 0.6) is 5.75 Å². The van der Waals surface area contributed by atoms with E-state index < -0.39 is 10.0 Å². The van der Waals surface area contributed by atoms with Gasteiger partial charge in [0.15, 0.2) is 0 Å². The summed E-state index contributed by atoms with van der Waals surface area (Å²) < 4.78 is 41.1. The van der Waals surface area contributed by atoms with E-state index in [4.69, 9.17) is 14.5 Å². The van der Waals surface area contributed by atoms with Crippen molar-refractivity contribution in [2.45, 2.75) is 44.2 Å². The molecule has 3 heterocycles. The summed E-state index contributed by atoms with van der Waals surface area (Å²) in [4.78, 5) is 5.11. The number of hydrogen-bond donors (Lipinski definition) is 1. The molecule has 2 fully saturated rings. The predicted octanol–water partition coefficient (Wildman–Crippen LogP) is 3.23. The number of ether oxygens (including phenoxy) is 2. The molecule has 1 aromatic heterocycles. The fraction of sp³-hybridized carbons (Fsp3) is 0.458. The summed E-state index contributed by atoms with van der Waals surface area (Å²) >= 11 is 0. The first kappa shape index (κ1) is 22.3. The summed E-state index contributed by atoms with van der Waals surface area (Å²) in [6.07, 6.45) is 2.11. The van der Waals surface area contributed by atoms with Gasteiger partial charge in [0, 0.05) is 25.3 Å². The molecule has 1 atom stereocenters. The Morgan fingerprint density at radius 1 is 1.09 bits per heavy atom. The van der Waals surface area contributed by atoms with Crippen molar-refractivity contribution in [3.63, 3.8) is 0 Å². The fourth-order valence-corrected chi connectivity index (χ4v) is 6.12. The molecule has 9 heteroatoms. The van der Waals surface area contributed by atoms with Gasteiger partial charge in [0.2, 0.25) is 10.0 Å². The molecule has 2 aliphatic rings. The van der Waals surface area contributed by atoms with E-state index in [2.05, 4.69) is 4.57 Å². The van der Waals surface area contributed by atoms with Crippen molar-refractivity contribution in [2.75, 3.05) is 32.9 Å². The highest BCUT2D eigenvalue weighted by Crippen LogP contribution is 2.33. The molecule has 2 saturated heterocycles. The number of nitrogens with zero attached hydrogens (tertiary/aromatic N) is 3.